The number of unbranched alkanes of at least 4 members (excludes halogenated alkanes) is 5. The largest absolute Gasteiger partial charge is 0.507 e. The van der Waals surface area contributed by atoms with Crippen LogP contribution in [0.15, 0.2) is 66.8 Å². The summed E-state index contributed by atoms with van der Waals surface area (Å²) in [5.74, 6) is 2.05. The van der Waals surface area contributed by atoms with E-state index in [0.717, 1.165) is 44.6 Å². The second kappa shape index (κ2) is 15.8. The van der Waals surface area contributed by atoms with Crippen molar-refractivity contribution in [2.45, 2.75) is 96.0 Å². The summed E-state index contributed by atoms with van der Waals surface area (Å²) in [5, 5.41) is 9.81. The molecule has 4 nitrogen and oxygen atoms in total. The number of hydrogen-bond donors (Lipinski definition) is 1. The topological polar surface area (TPSA) is 55.8 Å². The van der Waals surface area contributed by atoms with Crippen molar-refractivity contribution in [1.29, 1.82) is 0 Å². The van der Waals surface area contributed by atoms with E-state index in [9.17, 15) is 9.90 Å². The van der Waals surface area contributed by atoms with E-state index in [1.807, 2.05) is 0 Å². The van der Waals surface area contributed by atoms with Gasteiger partial charge in [-0.3, -0.25) is 4.79 Å². The number of aldehydes is 1. The van der Waals surface area contributed by atoms with E-state index in [4.69, 9.17) is 9.47 Å². The van der Waals surface area contributed by atoms with Crippen molar-refractivity contribution in [3.05, 3.63) is 77.9 Å². The lowest BCUT2D eigenvalue weighted by atomic mass is 9.69. The molecular formula is C36H48O4. The fraction of sp³-hybridized carbons (Fsp3) is 0.528. The molecule has 216 valence electrons. The van der Waals surface area contributed by atoms with Crippen LogP contribution in [0, 0.1) is 11.8 Å². The third kappa shape index (κ3) is 8.57. The maximum Gasteiger partial charge on any atom is 0.153 e. The number of allylic oxidation sites excluding steroid dienone is 2. The molecule has 0 spiro atoms. The number of ether oxygens (including phenoxy) is 2. The van der Waals surface area contributed by atoms with E-state index in [1.54, 1.807) is 12.1 Å². The average Bonchev–Trinajstić information content (AvgIpc) is 3.00. The quantitative estimate of drug-likeness (QED) is 0.169. The molecule has 0 saturated heterocycles. The van der Waals surface area contributed by atoms with Crippen LogP contribution in [0.3, 0.4) is 0 Å². The minimum absolute atomic E-state index is 0.0361. The second-order valence-electron chi connectivity index (χ2n) is 11.7. The molecule has 0 radical (unpaired) electrons. The van der Waals surface area contributed by atoms with Gasteiger partial charge in [-0.2, -0.15) is 0 Å². The van der Waals surface area contributed by atoms with Crippen LogP contribution >= 0.6 is 0 Å². The normalized spacial score (nSPS) is 22.6. The highest BCUT2D eigenvalue weighted by atomic mass is 16.5. The van der Waals surface area contributed by atoms with Gasteiger partial charge in [0.05, 0.1) is 17.8 Å². The summed E-state index contributed by atoms with van der Waals surface area (Å²) in [6.45, 7) is 3.68. The molecule has 0 amide bonds. The minimum atomic E-state index is -0.175. The van der Waals surface area contributed by atoms with E-state index in [2.05, 4.69) is 55.5 Å². The minimum Gasteiger partial charge on any atom is -0.507 e. The molecule has 1 fully saturated rings. The molecule has 1 atom stereocenters. The van der Waals surface area contributed by atoms with Crippen molar-refractivity contribution in [2.75, 3.05) is 13.2 Å². The molecule has 1 N–H and O–H groups in total. The van der Waals surface area contributed by atoms with E-state index in [-0.39, 0.29) is 16.9 Å². The predicted octanol–water partition coefficient (Wildman–Crippen LogP) is 9.33. The number of benzene rings is 2. The molecule has 40 heavy (non-hydrogen) atoms. The van der Waals surface area contributed by atoms with Gasteiger partial charge in [0.15, 0.2) is 6.29 Å². The maximum atomic E-state index is 10.8. The Morgan fingerprint density at radius 3 is 2.38 bits per heavy atom. The molecule has 0 aromatic heterocycles. The zero-order chi connectivity index (χ0) is 28.0. The third-order valence-corrected chi connectivity index (χ3v) is 8.85. The molecule has 0 heterocycles. The van der Waals surface area contributed by atoms with Crippen LogP contribution in [-0.2, 0) is 4.74 Å². The summed E-state index contributed by atoms with van der Waals surface area (Å²) < 4.78 is 12.6. The fourth-order valence-corrected chi connectivity index (χ4v) is 6.35. The zero-order valence-corrected chi connectivity index (χ0v) is 24.4. The second-order valence-corrected chi connectivity index (χ2v) is 11.7. The van der Waals surface area contributed by atoms with Gasteiger partial charge in [0.1, 0.15) is 11.5 Å². The average molecular weight is 545 g/mol. The van der Waals surface area contributed by atoms with Gasteiger partial charge >= 0.3 is 0 Å². The maximum absolute atomic E-state index is 10.8. The number of rotatable bonds is 16. The lowest BCUT2D eigenvalue weighted by Gasteiger charge is -2.43. The monoisotopic (exact) mass is 544 g/mol. The molecule has 1 saturated carbocycles. The number of carbonyl (C=O) groups is 1. The Balaban J connectivity index is 1.24. The zero-order valence-electron chi connectivity index (χ0n) is 24.4. The van der Waals surface area contributed by atoms with Crippen molar-refractivity contribution in [3.8, 4) is 11.5 Å². The number of carbonyl (C=O) groups excluding carboxylic acids is 1. The van der Waals surface area contributed by atoms with E-state index in [1.165, 1.54) is 68.6 Å². The highest BCUT2D eigenvalue weighted by Gasteiger charge is 2.40. The number of hydrogen-bond acceptors (Lipinski definition) is 4. The molecule has 2 aromatic carbocycles. The molecule has 0 aliphatic heterocycles. The van der Waals surface area contributed by atoms with Crippen molar-refractivity contribution in [1.82, 2.24) is 0 Å². The SMILES string of the molecule is CCCCCC1CCC(C2(OCCCCCCOc3ccc(C=O)c(O)c3)C=CC(c3ccccc3)=CC2)CC1. The molecule has 2 aliphatic carbocycles. The summed E-state index contributed by atoms with van der Waals surface area (Å²) in [7, 11) is 0. The van der Waals surface area contributed by atoms with Gasteiger partial charge in [-0.15, -0.1) is 0 Å². The summed E-state index contributed by atoms with van der Waals surface area (Å²) >= 11 is 0. The van der Waals surface area contributed by atoms with Crippen LogP contribution in [0.2, 0.25) is 0 Å². The molecule has 2 aromatic rings. The Labute approximate surface area is 241 Å². The third-order valence-electron chi connectivity index (χ3n) is 8.85. The lowest BCUT2D eigenvalue weighted by Crippen LogP contribution is -2.42. The number of aromatic hydroxyl groups is 1. The highest BCUT2D eigenvalue weighted by Crippen LogP contribution is 2.44. The molecule has 1 unspecified atom stereocenters. The molecule has 4 rings (SSSR count). The van der Waals surface area contributed by atoms with E-state index >= 15 is 0 Å². The van der Waals surface area contributed by atoms with E-state index in [0.29, 0.717) is 24.6 Å². The van der Waals surface area contributed by atoms with Crippen molar-refractivity contribution >= 4 is 11.9 Å². The van der Waals surface area contributed by atoms with Crippen LogP contribution in [0.25, 0.3) is 5.57 Å². The van der Waals surface area contributed by atoms with Crippen LogP contribution in [-0.4, -0.2) is 30.2 Å². The first-order valence-corrected chi connectivity index (χ1v) is 15.6. The first-order chi connectivity index (χ1) is 19.6. The summed E-state index contributed by atoms with van der Waals surface area (Å²) in [4.78, 5) is 10.8. The smallest absolute Gasteiger partial charge is 0.153 e. The Kier molecular flexibility index (Phi) is 11.9. The standard InChI is InChI=1S/C36H48O4/c1-2-3-7-12-29-15-18-33(19-16-29)36(23-21-31(22-24-36)30-13-8-6-9-14-30)40-26-11-5-4-10-25-39-34-20-17-32(28-37)35(38)27-34/h6,8-9,13-14,17,20-23,27-29,33,38H,2-5,7,10-12,15-16,18-19,24-26H2,1H3. The predicted molar refractivity (Wildman–Crippen MR) is 164 cm³/mol. The van der Waals surface area contributed by atoms with Crippen molar-refractivity contribution in [3.63, 3.8) is 0 Å². The Morgan fingerprint density at radius 1 is 0.925 bits per heavy atom. The van der Waals surface area contributed by atoms with Crippen LogP contribution < -0.4 is 4.74 Å². The first kappa shape index (κ1) is 30.1. The van der Waals surface area contributed by atoms with Gasteiger partial charge in [0, 0.05) is 12.7 Å². The Morgan fingerprint density at radius 2 is 1.70 bits per heavy atom. The Bertz CT molecular complexity index is 1100. The van der Waals surface area contributed by atoms with Crippen molar-refractivity contribution in [2.24, 2.45) is 11.8 Å². The summed E-state index contributed by atoms with van der Waals surface area (Å²) in [5.41, 5.74) is 2.70. The van der Waals surface area contributed by atoms with Gasteiger partial charge in [0.2, 0.25) is 0 Å². The molecule has 4 heteroatoms. The van der Waals surface area contributed by atoms with Gasteiger partial charge in [-0.05, 0) is 73.6 Å². The first-order valence-electron chi connectivity index (χ1n) is 15.6. The summed E-state index contributed by atoms with van der Waals surface area (Å²) in [6.07, 6.45) is 23.6. The van der Waals surface area contributed by atoms with Gasteiger partial charge in [-0.1, -0.05) is 100 Å². The molecular weight excluding hydrogens is 496 g/mol. The molecule has 0 bridgehead atoms. The van der Waals surface area contributed by atoms with Gasteiger partial charge in [0.25, 0.3) is 0 Å². The fourth-order valence-electron chi connectivity index (χ4n) is 6.35. The van der Waals surface area contributed by atoms with Gasteiger partial charge in [-0.25, -0.2) is 0 Å². The lowest BCUT2D eigenvalue weighted by molar-refractivity contribution is -0.0648. The van der Waals surface area contributed by atoms with Crippen molar-refractivity contribution < 1.29 is 19.4 Å². The van der Waals surface area contributed by atoms with Gasteiger partial charge < -0.3 is 14.6 Å². The number of phenols is 1. The van der Waals surface area contributed by atoms with Crippen LogP contribution in [0.5, 0.6) is 11.5 Å². The summed E-state index contributed by atoms with van der Waals surface area (Å²) in [6, 6.07) is 15.5. The van der Waals surface area contributed by atoms with Crippen LogP contribution in [0.4, 0.5) is 0 Å². The molecule has 2 aliphatic rings. The number of phenolic OH excluding ortho intramolecular Hbond substituents is 1. The van der Waals surface area contributed by atoms with Crippen LogP contribution in [0.1, 0.15) is 106 Å². The highest BCUT2D eigenvalue weighted by molar-refractivity contribution is 5.79. The Hall–Kier alpha value is -2.85. The van der Waals surface area contributed by atoms with E-state index < -0.39 is 0 Å².